The molecule has 7 rings (SSSR count). The van der Waals surface area contributed by atoms with E-state index in [1.807, 2.05) is 61.5 Å². The van der Waals surface area contributed by atoms with Gasteiger partial charge in [0, 0.05) is 15.7 Å². The van der Waals surface area contributed by atoms with Gasteiger partial charge in [-0.1, -0.05) is 112 Å². The summed E-state index contributed by atoms with van der Waals surface area (Å²) >= 11 is 0. The molecule has 0 fully saturated rings. The first-order chi connectivity index (χ1) is 22.2. The van der Waals surface area contributed by atoms with Gasteiger partial charge in [-0.15, -0.1) is 0 Å². The molecule has 0 aromatic heterocycles. The fourth-order valence-electron chi connectivity index (χ4n) is 6.38. The maximum absolute atomic E-state index is 13.7. The lowest BCUT2D eigenvalue weighted by Crippen LogP contribution is -2.47. The first-order valence-electron chi connectivity index (χ1n) is 15.6. The van der Waals surface area contributed by atoms with Crippen molar-refractivity contribution in [2.75, 3.05) is 0 Å². The normalized spacial score (nSPS) is 13.9. The highest BCUT2D eigenvalue weighted by molar-refractivity contribution is 6.80. The first-order valence-corrected chi connectivity index (χ1v) is 17.0. The zero-order chi connectivity index (χ0) is 32.0. The lowest BCUT2D eigenvalue weighted by molar-refractivity contribution is -0.126. The van der Waals surface area contributed by atoms with Gasteiger partial charge in [0.2, 0.25) is 0 Å². The van der Waals surface area contributed by atoms with E-state index >= 15 is 0 Å². The van der Waals surface area contributed by atoms with Crippen LogP contribution in [0.4, 0.5) is 11.4 Å². The van der Waals surface area contributed by atoms with E-state index in [0.717, 1.165) is 49.1 Å². The third kappa shape index (κ3) is 5.44. The Bertz CT molecular complexity index is 2200. The van der Waals surface area contributed by atoms with Crippen LogP contribution in [0.1, 0.15) is 44.9 Å². The Labute approximate surface area is 270 Å². The lowest BCUT2D eigenvalue weighted by Gasteiger charge is -2.34. The van der Waals surface area contributed by atoms with Crippen molar-refractivity contribution in [3.8, 4) is 5.75 Å². The van der Waals surface area contributed by atoms with Gasteiger partial charge in [-0.2, -0.15) is 0 Å². The number of rotatable bonds is 7. The third-order valence-electron chi connectivity index (χ3n) is 8.57. The Morgan fingerprint density at radius 1 is 0.739 bits per heavy atom. The quantitative estimate of drug-likeness (QED) is 0.119. The molecule has 1 radical (unpaired) electrons. The second kappa shape index (κ2) is 11.8. The zero-order valence-corrected chi connectivity index (χ0v) is 27.7. The minimum absolute atomic E-state index is 0.231. The Morgan fingerprint density at radius 3 is 2.07 bits per heavy atom. The van der Waals surface area contributed by atoms with E-state index in [4.69, 9.17) is 19.1 Å². The van der Waals surface area contributed by atoms with Crippen LogP contribution in [-0.4, -0.2) is 20.7 Å². The molecule has 2 aliphatic rings. The number of benzene rings is 5. The predicted octanol–water partition coefficient (Wildman–Crippen LogP) is 6.32. The molecule has 0 amide bonds. The summed E-state index contributed by atoms with van der Waals surface area (Å²) < 4.78 is 13.1. The van der Waals surface area contributed by atoms with Crippen molar-refractivity contribution in [2.45, 2.75) is 40.7 Å². The number of fused-ring (bicyclic) bond motifs is 3. The molecule has 1 atom stereocenters. The highest BCUT2D eigenvalue weighted by atomic mass is 28.3. The van der Waals surface area contributed by atoms with Gasteiger partial charge in [0.1, 0.15) is 5.75 Å². The van der Waals surface area contributed by atoms with Gasteiger partial charge < -0.3 is 9.16 Å². The van der Waals surface area contributed by atoms with Crippen molar-refractivity contribution < 1.29 is 14.0 Å². The van der Waals surface area contributed by atoms with Crippen LogP contribution < -0.4 is 25.7 Å². The number of carbonyl (C=O) groups is 1. The largest absolute Gasteiger partial charge is 0.422 e. The average Bonchev–Trinajstić information content (AvgIpc) is 3.60. The van der Waals surface area contributed by atoms with Crippen LogP contribution in [0.2, 0.25) is 0 Å². The van der Waals surface area contributed by atoms with Gasteiger partial charge in [0.15, 0.2) is 5.71 Å². The second-order valence-corrected chi connectivity index (χ2v) is 14.9. The molecule has 2 heterocycles. The Kier molecular flexibility index (Phi) is 7.63. The molecule has 227 valence electrons. The Morgan fingerprint density at radius 2 is 1.39 bits per heavy atom. The summed E-state index contributed by atoms with van der Waals surface area (Å²) in [4.78, 5) is 23.3. The van der Waals surface area contributed by atoms with Crippen LogP contribution >= 0.6 is 0 Å². The van der Waals surface area contributed by atoms with Gasteiger partial charge in [-0.05, 0) is 70.6 Å². The average molecular weight is 620 g/mol. The summed E-state index contributed by atoms with van der Waals surface area (Å²) in [6.07, 6.45) is -0.251. The number of carbonyl (C=O) groups excluding carboxylic acids is 1. The van der Waals surface area contributed by atoms with E-state index in [2.05, 4.69) is 88.4 Å². The van der Waals surface area contributed by atoms with E-state index in [0.29, 0.717) is 11.5 Å². The van der Waals surface area contributed by atoms with Crippen molar-refractivity contribution in [3.63, 3.8) is 0 Å². The van der Waals surface area contributed by atoms with Crippen LogP contribution in [0, 0.1) is 22.8 Å². The molecule has 5 aromatic carbocycles. The lowest BCUT2D eigenvalue weighted by atomic mass is 9.85. The van der Waals surface area contributed by atoms with Crippen molar-refractivity contribution in [2.24, 2.45) is 15.4 Å². The van der Waals surface area contributed by atoms with Crippen molar-refractivity contribution in [3.05, 3.63) is 147 Å². The van der Waals surface area contributed by atoms with Crippen LogP contribution in [0.3, 0.4) is 0 Å². The fraction of sp³-hybridized carbons (Fsp3) is 0.175. The molecule has 1 unspecified atom stereocenters. The minimum Gasteiger partial charge on any atom is -0.422 e. The maximum atomic E-state index is 13.7. The van der Waals surface area contributed by atoms with E-state index in [1.54, 1.807) is 0 Å². The summed E-state index contributed by atoms with van der Waals surface area (Å²) in [5.74, 6) is -0.0163. The highest BCUT2D eigenvalue weighted by Gasteiger charge is 2.33. The second-order valence-electron chi connectivity index (χ2n) is 12.9. The molecule has 46 heavy (non-hydrogen) atoms. The number of hydrogen-bond donors (Lipinski definition) is 0. The summed E-state index contributed by atoms with van der Waals surface area (Å²) in [7, 11) is -1.58. The SMILES string of the molecule is CC1=c2c(cc3c(c2C)N=c2ccccc2=3)N=C1C(=O)Oc1cccc(C(O[Si](c2ccccc2)c2ccccc2)C(C)(C)C)c1. The summed E-state index contributed by atoms with van der Waals surface area (Å²) in [6, 6.07) is 38.7. The smallest absolute Gasteiger partial charge is 0.362 e. The zero-order valence-electron chi connectivity index (χ0n) is 26.7. The first kappa shape index (κ1) is 29.8. The monoisotopic (exact) mass is 619 g/mol. The minimum atomic E-state index is -1.58. The van der Waals surface area contributed by atoms with E-state index in [1.165, 1.54) is 10.4 Å². The third-order valence-corrected chi connectivity index (χ3v) is 10.8. The van der Waals surface area contributed by atoms with Crippen LogP contribution in [0.15, 0.2) is 125 Å². The van der Waals surface area contributed by atoms with Gasteiger partial charge in [0.05, 0.1) is 22.8 Å². The Balaban J connectivity index is 1.20. The molecular formula is C40H35N2O3Si. The number of ether oxygens (including phenoxy) is 1. The molecule has 5 nitrogen and oxygen atoms in total. The molecule has 0 saturated carbocycles. The van der Waals surface area contributed by atoms with Crippen molar-refractivity contribution in [1.82, 2.24) is 0 Å². The summed E-state index contributed by atoms with van der Waals surface area (Å²) in [6.45, 7) is 10.5. The molecule has 6 heteroatoms. The van der Waals surface area contributed by atoms with E-state index < -0.39 is 15.0 Å². The molecule has 5 aromatic rings. The molecule has 2 aliphatic heterocycles. The Hall–Kier alpha value is -4.91. The van der Waals surface area contributed by atoms with E-state index in [-0.39, 0.29) is 11.5 Å². The van der Waals surface area contributed by atoms with Crippen molar-refractivity contribution >= 4 is 48.0 Å². The van der Waals surface area contributed by atoms with Crippen molar-refractivity contribution in [1.29, 1.82) is 0 Å². The molecule has 0 aliphatic carbocycles. The van der Waals surface area contributed by atoms with E-state index in [9.17, 15) is 4.79 Å². The summed E-state index contributed by atoms with van der Waals surface area (Å²) in [5.41, 5.74) is 4.59. The van der Waals surface area contributed by atoms with Gasteiger partial charge >= 0.3 is 5.97 Å². The molecule has 0 bridgehead atoms. The number of esters is 1. The van der Waals surface area contributed by atoms with Gasteiger partial charge in [-0.25, -0.2) is 14.8 Å². The molecule has 0 saturated heterocycles. The van der Waals surface area contributed by atoms with Crippen LogP contribution in [-0.2, 0) is 9.22 Å². The number of para-hydroxylation sites is 1. The highest BCUT2D eigenvalue weighted by Crippen LogP contribution is 2.38. The topological polar surface area (TPSA) is 60.2 Å². The standard InChI is InChI=1S/C40H35N2O3Si/c1-25-35-26(2)37(42-34(35)24-32-31-21-12-13-22-33(31)41-36(25)32)39(43)44-28-16-14-15-27(23-28)38(40(3,4)5)45-46(29-17-8-6-9-18-29)30-19-10-7-11-20-30/h6-24,38H,1-5H3. The molecule has 0 spiro atoms. The maximum Gasteiger partial charge on any atom is 0.362 e. The van der Waals surface area contributed by atoms with Gasteiger partial charge in [0.25, 0.3) is 9.04 Å². The molecule has 0 N–H and O–H groups in total. The predicted molar refractivity (Wildman–Crippen MR) is 185 cm³/mol. The number of aliphatic imine (C=N–C) groups is 1. The summed E-state index contributed by atoms with van der Waals surface area (Å²) in [5, 5.41) is 6.41. The van der Waals surface area contributed by atoms with Crippen LogP contribution in [0.25, 0.3) is 5.57 Å². The van der Waals surface area contributed by atoms with Gasteiger partial charge in [-0.3, -0.25) is 0 Å². The number of nitrogens with zero attached hydrogens (tertiary/aromatic N) is 2. The van der Waals surface area contributed by atoms with Crippen LogP contribution in [0.5, 0.6) is 5.75 Å². The molecular weight excluding hydrogens is 585 g/mol. The fourth-order valence-corrected chi connectivity index (χ4v) is 8.70. The number of hydrogen-bond acceptors (Lipinski definition) is 5.